The summed E-state index contributed by atoms with van der Waals surface area (Å²) >= 11 is 0. The molecular weight excluding hydrogens is 208 g/mol. The molecule has 1 aromatic rings. The second-order valence-corrected chi connectivity index (χ2v) is 4.18. The number of imidazole rings is 1. The Hall–Kier alpha value is -1.40. The SMILES string of the molecule is NCCn1cnc(C(=O)NC2(CO)CC2)c1. The second-order valence-electron chi connectivity index (χ2n) is 4.18. The highest BCUT2D eigenvalue weighted by Crippen LogP contribution is 2.34. The van der Waals surface area contributed by atoms with Crippen molar-refractivity contribution in [3.05, 3.63) is 18.2 Å². The van der Waals surface area contributed by atoms with Gasteiger partial charge in [0.1, 0.15) is 5.69 Å². The molecule has 88 valence electrons. The van der Waals surface area contributed by atoms with E-state index in [2.05, 4.69) is 10.3 Å². The van der Waals surface area contributed by atoms with Crippen LogP contribution in [0.4, 0.5) is 0 Å². The van der Waals surface area contributed by atoms with Gasteiger partial charge in [0, 0.05) is 19.3 Å². The van der Waals surface area contributed by atoms with E-state index in [-0.39, 0.29) is 12.5 Å². The Morgan fingerprint density at radius 3 is 3.00 bits per heavy atom. The first-order valence-corrected chi connectivity index (χ1v) is 5.34. The van der Waals surface area contributed by atoms with E-state index >= 15 is 0 Å². The minimum atomic E-state index is -0.394. The van der Waals surface area contributed by atoms with Crippen molar-refractivity contribution in [1.29, 1.82) is 0 Å². The first-order chi connectivity index (χ1) is 7.69. The summed E-state index contributed by atoms with van der Waals surface area (Å²) in [5, 5.41) is 11.9. The van der Waals surface area contributed by atoms with Crippen molar-refractivity contribution in [2.45, 2.75) is 24.9 Å². The summed E-state index contributed by atoms with van der Waals surface area (Å²) < 4.78 is 1.77. The number of carbonyl (C=O) groups is 1. The molecule has 1 aromatic heterocycles. The first-order valence-electron chi connectivity index (χ1n) is 5.34. The van der Waals surface area contributed by atoms with Gasteiger partial charge in [0.15, 0.2) is 0 Å². The number of carbonyl (C=O) groups excluding carboxylic acids is 1. The minimum absolute atomic E-state index is 0.0117. The fourth-order valence-electron chi connectivity index (χ4n) is 1.53. The Morgan fingerprint density at radius 1 is 1.69 bits per heavy atom. The fraction of sp³-hybridized carbons (Fsp3) is 0.600. The van der Waals surface area contributed by atoms with E-state index in [4.69, 9.17) is 10.8 Å². The van der Waals surface area contributed by atoms with Crippen molar-refractivity contribution in [1.82, 2.24) is 14.9 Å². The van der Waals surface area contributed by atoms with E-state index in [1.54, 1.807) is 17.1 Å². The smallest absolute Gasteiger partial charge is 0.271 e. The van der Waals surface area contributed by atoms with Crippen LogP contribution in [-0.2, 0) is 6.54 Å². The van der Waals surface area contributed by atoms with Gasteiger partial charge in [-0.1, -0.05) is 0 Å². The van der Waals surface area contributed by atoms with Crippen LogP contribution >= 0.6 is 0 Å². The molecule has 6 heteroatoms. The van der Waals surface area contributed by atoms with Gasteiger partial charge in [-0.05, 0) is 12.8 Å². The van der Waals surface area contributed by atoms with Gasteiger partial charge < -0.3 is 20.7 Å². The predicted molar refractivity (Wildman–Crippen MR) is 57.8 cm³/mol. The molecule has 0 bridgehead atoms. The van der Waals surface area contributed by atoms with Crippen LogP contribution in [0, 0.1) is 0 Å². The molecule has 1 fully saturated rings. The monoisotopic (exact) mass is 224 g/mol. The van der Waals surface area contributed by atoms with Gasteiger partial charge in [0.25, 0.3) is 5.91 Å². The number of aliphatic hydroxyl groups excluding tert-OH is 1. The average molecular weight is 224 g/mol. The molecule has 4 N–H and O–H groups in total. The molecule has 16 heavy (non-hydrogen) atoms. The van der Waals surface area contributed by atoms with Crippen LogP contribution in [0.15, 0.2) is 12.5 Å². The molecular formula is C10H16N4O2. The lowest BCUT2D eigenvalue weighted by Crippen LogP contribution is -2.39. The third kappa shape index (κ3) is 2.23. The lowest BCUT2D eigenvalue weighted by molar-refractivity contribution is 0.0902. The van der Waals surface area contributed by atoms with Crippen molar-refractivity contribution in [2.24, 2.45) is 5.73 Å². The van der Waals surface area contributed by atoms with Gasteiger partial charge >= 0.3 is 0 Å². The lowest BCUT2D eigenvalue weighted by Gasteiger charge is -2.12. The van der Waals surface area contributed by atoms with E-state index in [9.17, 15) is 4.79 Å². The van der Waals surface area contributed by atoms with Gasteiger partial charge in [-0.15, -0.1) is 0 Å². The van der Waals surface area contributed by atoms with Gasteiger partial charge in [-0.3, -0.25) is 4.79 Å². The third-order valence-corrected chi connectivity index (χ3v) is 2.79. The predicted octanol–water partition coefficient (Wildman–Crippen LogP) is -0.904. The van der Waals surface area contributed by atoms with Crippen LogP contribution in [-0.4, -0.2) is 39.3 Å². The summed E-state index contributed by atoms with van der Waals surface area (Å²) in [4.78, 5) is 15.7. The van der Waals surface area contributed by atoms with Gasteiger partial charge in [-0.2, -0.15) is 0 Å². The highest BCUT2D eigenvalue weighted by Gasteiger charge is 2.43. The molecule has 0 radical (unpaired) electrons. The minimum Gasteiger partial charge on any atom is -0.394 e. The molecule has 1 heterocycles. The number of rotatable bonds is 5. The maximum Gasteiger partial charge on any atom is 0.271 e. The summed E-state index contributed by atoms with van der Waals surface area (Å²) in [5.41, 5.74) is 5.37. The zero-order valence-corrected chi connectivity index (χ0v) is 9.02. The number of aromatic nitrogens is 2. The molecule has 1 aliphatic carbocycles. The summed E-state index contributed by atoms with van der Waals surface area (Å²) in [6.07, 6.45) is 4.91. The number of amides is 1. The Labute approximate surface area is 93.5 Å². The molecule has 1 saturated carbocycles. The standard InChI is InChI=1S/C10H16N4O2/c11-3-4-14-5-8(12-7-14)9(16)13-10(6-15)1-2-10/h5,7,15H,1-4,6,11H2,(H,13,16). The molecule has 1 aliphatic rings. The van der Waals surface area contributed by atoms with Crippen LogP contribution in [0.2, 0.25) is 0 Å². The number of aliphatic hydroxyl groups is 1. The highest BCUT2D eigenvalue weighted by molar-refractivity contribution is 5.92. The van der Waals surface area contributed by atoms with Crippen molar-refractivity contribution < 1.29 is 9.90 Å². The molecule has 0 aliphatic heterocycles. The third-order valence-electron chi connectivity index (χ3n) is 2.79. The Morgan fingerprint density at radius 2 is 2.44 bits per heavy atom. The Bertz CT molecular complexity index is 384. The van der Waals surface area contributed by atoms with E-state index in [1.165, 1.54) is 0 Å². The van der Waals surface area contributed by atoms with Crippen molar-refractivity contribution in [3.63, 3.8) is 0 Å². The number of hydrogen-bond acceptors (Lipinski definition) is 4. The summed E-state index contributed by atoms with van der Waals surface area (Å²) in [5.74, 6) is -0.234. The molecule has 0 spiro atoms. The van der Waals surface area contributed by atoms with Crippen molar-refractivity contribution in [2.75, 3.05) is 13.2 Å². The van der Waals surface area contributed by atoms with Gasteiger partial charge in [0.2, 0.25) is 0 Å². The van der Waals surface area contributed by atoms with Crippen molar-refractivity contribution in [3.8, 4) is 0 Å². The Kier molecular flexibility index (Phi) is 2.93. The number of nitrogens with two attached hydrogens (primary N) is 1. The summed E-state index contributed by atoms with van der Waals surface area (Å²) in [7, 11) is 0. The van der Waals surface area contributed by atoms with E-state index in [1.807, 2.05) is 0 Å². The highest BCUT2D eigenvalue weighted by atomic mass is 16.3. The maximum atomic E-state index is 11.7. The Balaban J connectivity index is 1.98. The van der Waals surface area contributed by atoms with E-state index < -0.39 is 5.54 Å². The zero-order valence-electron chi connectivity index (χ0n) is 9.02. The summed E-state index contributed by atoms with van der Waals surface area (Å²) in [6, 6.07) is 0. The van der Waals surface area contributed by atoms with Crippen molar-refractivity contribution >= 4 is 5.91 Å². The van der Waals surface area contributed by atoms with E-state index in [0.717, 1.165) is 12.8 Å². The molecule has 0 saturated heterocycles. The molecule has 0 atom stereocenters. The maximum absolute atomic E-state index is 11.7. The van der Waals surface area contributed by atoms with Crippen LogP contribution in [0.25, 0.3) is 0 Å². The average Bonchev–Trinajstić information content (AvgIpc) is 2.88. The molecule has 6 nitrogen and oxygen atoms in total. The fourth-order valence-corrected chi connectivity index (χ4v) is 1.53. The zero-order chi connectivity index (χ0) is 11.6. The van der Waals surface area contributed by atoms with E-state index in [0.29, 0.717) is 18.8 Å². The molecule has 0 unspecified atom stereocenters. The number of nitrogens with zero attached hydrogens (tertiary/aromatic N) is 2. The van der Waals surface area contributed by atoms with Crippen LogP contribution in [0.5, 0.6) is 0 Å². The molecule has 1 amide bonds. The van der Waals surface area contributed by atoms with Crippen LogP contribution in [0.1, 0.15) is 23.3 Å². The summed E-state index contributed by atoms with van der Waals surface area (Å²) in [6.45, 7) is 1.14. The molecule has 0 aromatic carbocycles. The van der Waals surface area contributed by atoms with Crippen LogP contribution < -0.4 is 11.1 Å². The normalized spacial score (nSPS) is 17.1. The first kappa shape index (κ1) is 11.1. The number of hydrogen-bond donors (Lipinski definition) is 3. The number of nitrogens with one attached hydrogen (secondary N) is 1. The lowest BCUT2D eigenvalue weighted by atomic mass is 10.3. The largest absolute Gasteiger partial charge is 0.394 e. The second kappa shape index (κ2) is 4.23. The molecule has 2 rings (SSSR count). The van der Waals surface area contributed by atoms with Crippen LogP contribution in [0.3, 0.4) is 0 Å². The quantitative estimate of drug-likeness (QED) is 0.604. The van der Waals surface area contributed by atoms with Gasteiger partial charge in [0.05, 0.1) is 18.5 Å². The topological polar surface area (TPSA) is 93.2 Å². The van der Waals surface area contributed by atoms with Gasteiger partial charge in [-0.25, -0.2) is 4.98 Å².